The molecule has 0 saturated carbocycles. The third-order valence-electron chi connectivity index (χ3n) is 2.73. The largest absolute Gasteiger partial charge is 0.324 e. The first kappa shape index (κ1) is 12.8. The topological polar surface area (TPSA) is 55.1 Å². The van der Waals surface area contributed by atoms with E-state index in [9.17, 15) is 4.79 Å². The lowest BCUT2D eigenvalue weighted by molar-refractivity contribution is -0.117. The highest BCUT2D eigenvalue weighted by atomic mass is 32.1. The quantitative estimate of drug-likeness (QED) is 0.888. The van der Waals surface area contributed by atoms with Gasteiger partial charge in [-0.3, -0.25) is 4.79 Å². The number of thiophene rings is 1. The third kappa shape index (κ3) is 2.97. The molecule has 0 aliphatic carbocycles. The summed E-state index contributed by atoms with van der Waals surface area (Å²) in [7, 11) is 0. The van der Waals surface area contributed by atoms with Gasteiger partial charge in [0.1, 0.15) is 6.04 Å². The highest BCUT2D eigenvalue weighted by Gasteiger charge is 2.16. The maximum Gasteiger partial charge on any atom is 0.246 e. The van der Waals surface area contributed by atoms with E-state index < -0.39 is 6.04 Å². The normalized spacial score (nSPS) is 12.1. The first-order valence-electron chi connectivity index (χ1n) is 5.89. The first-order valence-corrected chi connectivity index (χ1v) is 6.77. The van der Waals surface area contributed by atoms with E-state index in [-0.39, 0.29) is 5.91 Å². The van der Waals surface area contributed by atoms with Gasteiger partial charge in [0.15, 0.2) is 0 Å². The molecule has 4 heteroatoms. The van der Waals surface area contributed by atoms with Gasteiger partial charge in [0.2, 0.25) is 5.91 Å². The summed E-state index contributed by atoms with van der Waals surface area (Å²) in [6.07, 6.45) is 0.945. The van der Waals surface area contributed by atoms with Gasteiger partial charge in [-0.15, -0.1) is 11.3 Å². The van der Waals surface area contributed by atoms with Crippen LogP contribution in [0.15, 0.2) is 41.8 Å². The molecule has 0 aliphatic heterocycles. The van der Waals surface area contributed by atoms with Crippen molar-refractivity contribution in [2.24, 2.45) is 5.73 Å². The van der Waals surface area contributed by atoms with Gasteiger partial charge >= 0.3 is 0 Å². The molecular formula is C14H16N2OS. The lowest BCUT2D eigenvalue weighted by atomic mass is 10.1. The number of hydrogen-bond acceptors (Lipinski definition) is 3. The SMILES string of the molecule is CCc1cccc(NC(=O)C(N)c2cccs2)c1. The van der Waals surface area contributed by atoms with Gasteiger partial charge in [-0.05, 0) is 35.6 Å². The Balaban J connectivity index is 2.06. The Morgan fingerprint density at radius 1 is 1.39 bits per heavy atom. The Morgan fingerprint density at radius 3 is 2.89 bits per heavy atom. The van der Waals surface area contributed by atoms with Crippen LogP contribution in [0.5, 0.6) is 0 Å². The summed E-state index contributed by atoms with van der Waals surface area (Å²) in [4.78, 5) is 12.9. The minimum Gasteiger partial charge on any atom is -0.324 e. The number of amides is 1. The van der Waals surface area contributed by atoms with Gasteiger partial charge in [0, 0.05) is 10.6 Å². The number of aryl methyl sites for hydroxylation is 1. The molecule has 0 saturated heterocycles. The number of hydrogen-bond donors (Lipinski definition) is 2. The summed E-state index contributed by atoms with van der Waals surface area (Å²) in [5, 5.41) is 4.76. The minimum absolute atomic E-state index is 0.175. The molecule has 2 aromatic rings. The molecule has 1 atom stereocenters. The summed E-state index contributed by atoms with van der Waals surface area (Å²) >= 11 is 1.49. The van der Waals surface area contributed by atoms with Crippen LogP contribution in [-0.4, -0.2) is 5.91 Å². The third-order valence-corrected chi connectivity index (χ3v) is 3.69. The summed E-state index contributed by atoms with van der Waals surface area (Å²) in [5.74, 6) is -0.175. The zero-order valence-electron chi connectivity index (χ0n) is 10.2. The molecule has 1 unspecified atom stereocenters. The Hall–Kier alpha value is -1.65. The zero-order chi connectivity index (χ0) is 13.0. The Kier molecular flexibility index (Phi) is 4.12. The van der Waals surface area contributed by atoms with Crippen LogP contribution in [0.4, 0.5) is 5.69 Å². The molecule has 3 nitrogen and oxygen atoms in total. The smallest absolute Gasteiger partial charge is 0.246 e. The maximum atomic E-state index is 12.0. The fraction of sp³-hybridized carbons (Fsp3) is 0.214. The molecular weight excluding hydrogens is 244 g/mol. The van der Waals surface area contributed by atoms with Crippen molar-refractivity contribution in [2.75, 3.05) is 5.32 Å². The molecule has 18 heavy (non-hydrogen) atoms. The van der Waals surface area contributed by atoms with Gasteiger partial charge in [-0.25, -0.2) is 0 Å². The molecule has 1 aromatic carbocycles. The lowest BCUT2D eigenvalue weighted by Gasteiger charge is -2.11. The van der Waals surface area contributed by atoms with E-state index in [1.165, 1.54) is 16.9 Å². The summed E-state index contributed by atoms with van der Waals surface area (Å²) < 4.78 is 0. The van der Waals surface area contributed by atoms with Crippen LogP contribution in [-0.2, 0) is 11.2 Å². The van der Waals surface area contributed by atoms with Gasteiger partial charge < -0.3 is 11.1 Å². The highest BCUT2D eigenvalue weighted by molar-refractivity contribution is 7.10. The van der Waals surface area contributed by atoms with E-state index in [1.807, 2.05) is 41.8 Å². The van der Waals surface area contributed by atoms with E-state index in [2.05, 4.69) is 12.2 Å². The summed E-state index contributed by atoms with van der Waals surface area (Å²) in [6, 6.07) is 11.0. The number of carbonyl (C=O) groups excluding carboxylic acids is 1. The Morgan fingerprint density at radius 2 is 2.22 bits per heavy atom. The van der Waals surface area contributed by atoms with E-state index in [1.54, 1.807) is 0 Å². The van der Waals surface area contributed by atoms with Crippen LogP contribution in [0.1, 0.15) is 23.4 Å². The monoisotopic (exact) mass is 260 g/mol. The molecule has 0 spiro atoms. The maximum absolute atomic E-state index is 12.0. The molecule has 2 rings (SSSR count). The first-order chi connectivity index (χ1) is 8.70. The van der Waals surface area contributed by atoms with Gasteiger partial charge in [-0.1, -0.05) is 25.1 Å². The van der Waals surface area contributed by atoms with Crippen LogP contribution in [0.3, 0.4) is 0 Å². The molecule has 0 aliphatic rings. The van der Waals surface area contributed by atoms with E-state index in [0.29, 0.717) is 0 Å². The Bertz CT molecular complexity index is 522. The molecule has 1 aromatic heterocycles. The number of benzene rings is 1. The van der Waals surface area contributed by atoms with Gasteiger partial charge in [0.05, 0.1) is 0 Å². The van der Waals surface area contributed by atoms with Crippen molar-refractivity contribution < 1.29 is 4.79 Å². The predicted molar refractivity (Wildman–Crippen MR) is 75.7 cm³/mol. The van der Waals surface area contributed by atoms with Crippen molar-refractivity contribution >= 4 is 22.9 Å². The second-order valence-electron chi connectivity index (χ2n) is 4.04. The molecule has 0 radical (unpaired) electrons. The zero-order valence-corrected chi connectivity index (χ0v) is 11.0. The van der Waals surface area contributed by atoms with Crippen LogP contribution in [0.25, 0.3) is 0 Å². The number of carbonyl (C=O) groups is 1. The molecule has 94 valence electrons. The van der Waals surface area contributed by atoms with E-state index in [4.69, 9.17) is 5.73 Å². The average molecular weight is 260 g/mol. The number of nitrogens with two attached hydrogens (primary N) is 1. The minimum atomic E-state index is -0.602. The van der Waals surface area contributed by atoms with Crippen molar-refractivity contribution in [1.29, 1.82) is 0 Å². The van der Waals surface area contributed by atoms with E-state index >= 15 is 0 Å². The van der Waals surface area contributed by atoms with Crippen LogP contribution in [0.2, 0.25) is 0 Å². The lowest BCUT2D eigenvalue weighted by Crippen LogP contribution is -2.26. The van der Waals surface area contributed by atoms with Crippen molar-refractivity contribution in [2.45, 2.75) is 19.4 Å². The predicted octanol–water partition coefficient (Wildman–Crippen LogP) is 2.95. The van der Waals surface area contributed by atoms with Gasteiger partial charge in [0.25, 0.3) is 0 Å². The average Bonchev–Trinajstić information content (AvgIpc) is 2.92. The fourth-order valence-electron chi connectivity index (χ4n) is 1.69. The molecule has 1 heterocycles. The van der Waals surface area contributed by atoms with Crippen molar-refractivity contribution in [1.82, 2.24) is 0 Å². The molecule has 3 N–H and O–H groups in total. The van der Waals surface area contributed by atoms with Crippen LogP contribution < -0.4 is 11.1 Å². The molecule has 0 bridgehead atoms. The van der Waals surface area contributed by atoms with Crippen molar-refractivity contribution in [3.8, 4) is 0 Å². The van der Waals surface area contributed by atoms with E-state index in [0.717, 1.165) is 17.0 Å². The molecule has 1 amide bonds. The highest BCUT2D eigenvalue weighted by Crippen LogP contribution is 2.19. The number of nitrogens with one attached hydrogen (secondary N) is 1. The van der Waals surface area contributed by atoms with Crippen molar-refractivity contribution in [3.05, 3.63) is 52.2 Å². The van der Waals surface area contributed by atoms with Crippen LogP contribution in [0, 0.1) is 0 Å². The molecule has 0 fully saturated rings. The summed E-state index contributed by atoms with van der Waals surface area (Å²) in [6.45, 7) is 2.08. The van der Waals surface area contributed by atoms with Crippen molar-refractivity contribution in [3.63, 3.8) is 0 Å². The van der Waals surface area contributed by atoms with Crippen LogP contribution >= 0.6 is 11.3 Å². The standard InChI is InChI=1S/C14H16N2OS/c1-2-10-5-3-6-11(9-10)16-14(17)13(15)12-7-4-8-18-12/h3-9,13H,2,15H2,1H3,(H,16,17). The number of anilines is 1. The summed E-state index contributed by atoms with van der Waals surface area (Å²) in [5.41, 5.74) is 7.89. The second kappa shape index (κ2) is 5.80. The fourth-order valence-corrected chi connectivity index (χ4v) is 2.41. The number of rotatable bonds is 4. The second-order valence-corrected chi connectivity index (χ2v) is 5.02. The van der Waals surface area contributed by atoms with Gasteiger partial charge in [-0.2, -0.15) is 0 Å². The Labute approximate surface area is 111 Å².